The number of hydrogen-bond acceptors (Lipinski definition) is 5. The lowest BCUT2D eigenvalue weighted by molar-refractivity contribution is 0.305. The molecule has 0 aliphatic carbocycles. The zero-order chi connectivity index (χ0) is 15.0. The van der Waals surface area contributed by atoms with E-state index in [1.807, 2.05) is 6.07 Å². The minimum absolute atomic E-state index is 0.00979. The summed E-state index contributed by atoms with van der Waals surface area (Å²) in [5.74, 6) is 0. The summed E-state index contributed by atoms with van der Waals surface area (Å²) in [6, 6.07) is 12.0. The Morgan fingerprint density at radius 2 is 1.75 bits per heavy atom. The van der Waals surface area contributed by atoms with Crippen LogP contribution in [0.25, 0.3) is 5.57 Å². The average molecular weight is 264 g/mol. The monoisotopic (exact) mass is 264 g/mol. The Hall–Kier alpha value is -3.07. The number of aliphatic hydroxyl groups excluding tert-OH is 1. The van der Waals surface area contributed by atoms with Gasteiger partial charge in [-0.15, -0.1) is 0 Å². The lowest BCUT2D eigenvalue weighted by Crippen LogP contribution is -2.19. The molecule has 0 aromatic heterocycles. The number of anilines is 1. The van der Waals surface area contributed by atoms with Crippen molar-refractivity contribution in [1.82, 2.24) is 0 Å². The summed E-state index contributed by atoms with van der Waals surface area (Å²) in [4.78, 5) is 1.75. The van der Waals surface area contributed by atoms with Crippen LogP contribution in [0.4, 0.5) is 5.69 Å². The lowest BCUT2D eigenvalue weighted by Gasteiger charge is -2.18. The van der Waals surface area contributed by atoms with Crippen molar-refractivity contribution in [2.24, 2.45) is 0 Å². The smallest absolute Gasteiger partial charge is 0.148 e. The molecule has 5 heteroatoms. The Bertz CT molecular complexity index is 622. The van der Waals surface area contributed by atoms with Crippen molar-refractivity contribution in [2.75, 3.05) is 18.1 Å². The molecule has 0 bridgehead atoms. The standard InChI is InChI=1S/C15H12N4O/c1-2-19(7-8-20)14-5-3-12(4-6-14)15(11-18)13(9-16)10-17/h2-6,20H,1,7-8H2. The molecule has 1 N–H and O–H groups in total. The van der Waals surface area contributed by atoms with Gasteiger partial charge in [0.2, 0.25) is 0 Å². The minimum Gasteiger partial charge on any atom is -0.395 e. The maximum absolute atomic E-state index is 9.05. The van der Waals surface area contributed by atoms with Gasteiger partial charge < -0.3 is 10.0 Å². The van der Waals surface area contributed by atoms with E-state index in [0.717, 1.165) is 5.69 Å². The summed E-state index contributed by atoms with van der Waals surface area (Å²) in [6.45, 7) is 4.05. The third-order valence-electron chi connectivity index (χ3n) is 2.63. The molecule has 0 spiro atoms. The maximum atomic E-state index is 9.05. The highest BCUT2D eigenvalue weighted by Crippen LogP contribution is 2.22. The second-order valence-electron chi connectivity index (χ2n) is 3.73. The highest BCUT2D eigenvalue weighted by Gasteiger charge is 2.09. The van der Waals surface area contributed by atoms with Crippen molar-refractivity contribution < 1.29 is 5.11 Å². The second kappa shape index (κ2) is 7.38. The van der Waals surface area contributed by atoms with E-state index in [4.69, 9.17) is 20.9 Å². The van der Waals surface area contributed by atoms with E-state index < -0.39 is 0 Å². The van der Waals surface area contributed by atoms with Crippen LogP contribution in [-0.4, -0.2) is 18.3 Å². The highest BCUT2D eigenvalue weighted by atomic mass is 16.3. The Morgan fingerprint density at radius 3 is 2.15 bits per heavy atom. The van der Waals surface area contributed by atoms with E-state index >= 15 is 0 Å². The first-order valence-electron chi connectivity index (χ1n) is 5.76. The van der Waals surface area contributed by atoms with Crippen molar-refractivity contribution in [3.05, 3.63) is 48.2 Å². The molecule has 0 aliphatic heterocycles. The summed E-state index contributed by atoms with van der Waals surface area (Å²) >= 11 is 0. The molecule has 0 unspecified atom stereocenters. The number of rotatable bonds is 5. The molecule has 0 fully saturated rings. The van der Waals surface area contributed by atoms with Gasteiger partial charge in [-0.2, -0.15) is 15.8 Å². The van der Waals surface area contributed by atoms with E-state index in [2.05, 4.69) is 6.58 Å². The van der Waals surface area contributed by atoms with Crippen LogP contribution in [0.5, 0.6) is 0 Å². The van der Waals surface area contributed by atoms with Crippen molar-refractivity contribution in [1.29, 1.82) is 15.8 Å². The fourth-order valence-electron chi connectivity index (χ4n) is 1.65. The molecule has 1 aromatic carbocycles. The molecule has 98 valence electrons. The zero-order valence-corrected chi connectivity index (χ0v) is 10.7. The first kappa shape index (κ1) is 15.0. The molecule has 0 radical (unpaired) electrons. The molecule has 0 atom stereocenters. The van der Waals surface area contributed by atoms with Crippen molar-refractivity contribution in [3.8, 4) is 18.2 Å². The molecule has 0 heterocycles. The first-order chi connectivity index (χ1) is 9.71. The topological polar surface area (TPSA) is 94.8 Å². The maximum Gasteiger partial charge on any atom is 0.148 e. The number of benzene rings is 1. The van der Waals surface area contributed by atoms with Gasteiger partial charge in [-0.25, -0.2) is 0 Å². The van der Waals surface area contributed by atoms with Crippen LogP contribution in [0.3, 0.4) is 0 Å². The van der Waals surface area contributed by atoms with Crippen molar-refractivity contribution in [3.63, 3.8) is 0 Å². The van der Waals surface area contributed by atoms with Crippen LogP contribution >= 0.6 is 0 Å². The summed E-state index contributed by atoms with van der Waals surface area (Å²) in [7, 11) is 0. The van der Waals surface area contributed by atoms with Gasteiger partial charge in [-0.05, 0) is 23.9 Å². The van der Waals surface area contributed by atoms with Crippen LogP contribution in [0, 0.1) is 34.0 Å². The van der Waals surface area contributed by atoms with Gasteiger partial charge in [0.15, 0.2) is 0 Å². The fraction of sp³-hybridized carbons (Fsp3) is 0.133. The predicted molar refractivity (Wildman–Crippen MR) is 74.8 cm³/mol. The number of nitrogens with zero attached hydrogens (tertiary/aromatic N) is 4. The van der Waals surface area contributed by atoms with Gasteiger partial charge in [-0.3, -0.25) is 0 Å². The van der Waals surface area contributed by atoms with Crippen LogP contribution in [-0.2, 0) is 0 Å². The molecule has 5 nitrogen and oxygen atoms in total. The Morgan fingerprint density at radius 1 is 1.15 bits per heavy atom. The van der Waals surface area contributed by atoms with E-state index in [-0.39, 0.29) is 17.8 Å². The number of aliphatic hydroxyl groups is 1. The average Bonchev–Trinajstić information content (AvgIpc) is 2.50. The van der Waals surface area contributed by atoms with Gasteiger partial charge in [0.25, 0.3) is 0 Å². The van der Waals surface area contributed by atoms with Gasteiger partial charge >= 0.3 is 0 Å². The molecular formula is C15H12N4O. The molecular weight excluding hydrogens is 252 g/mol. The molecule has 1 aromatic rings. The molecule has 0 saturated heterocycles. The summed E-state index contributed by atoms with van der Waals surface area (Å²) in [6.07, 6.45) is 1.59. The van der Waals surface area contributed by atoms with Crippen LogP contribution in [0.2, 0.25) is 0 Å². The van der Waals surface area contributed by atoms with Crippen molar-refractivity contribution >= 4 is 11.3 Å². The SMILES string of the molecule is C=CN(CCO)c1ccc(C(C#N)=C(C#N)C#N)cc1. The van der Waals surface area contributed by atoms with E-state index in [1.165, 1.54) is 0 Å². The van der Waals surface area contributed by atoms with E-state index in [0.29, 0.717) is 12.1 Å². The number of allylic oxidation sites excluding steroid dienone is 2. The number of nitriles is 3. The first-order valence-corrected chi connectivity index (χ1v) is 5.76. The van der Waals surface area contributed by atoms with Gasteiger partial charge in [-0.1, -0.05) is 18.7 Å². The Kier molecular flexibility index (Phi) is 5.53. The lowest BCUT2D eigenvalue weighted by atomic mass is 10.0. The van der Waals surface area contributed by atoms with Gasteiger partial charge in [0.1, 0.15) is 23.8 Å². The van der Waals surface area contributed by atoms with Gasteiger partial charge in [0.05, 0.1) is 12.2 Å². The van der Waals surface area contributed by atoms with Crippen LogP contribution < -0.4 is 4.90 Å². The van der Waals surface area contributed by atoms with Gasteiger partial charge in [0, 0.05) is 12.2 Å². The molecule has 0 amide bonds. The Balaban J connectivity index is 3.18. The second-order valence-corrected chi connectivity index (χ2v) is 3.73. The highest BCUT2D eigenvalue weighted by molar-refractivity contribution is 5.84. The molecule has 1 rings (SSSR count). The third kappa shape index (κ3) is 3.23. The normalized spacial score (nSPS) is 8.70. The van der Waals surface area contributed by atoms with Crippen LogP contribution in [0.1, 0.15) is 5.56 Å². The minimum atomic E-state index is -0.212. The fourth-order valence-corrected chi connectivity index (χ4v) is 1.65. The molecule has 20 heavy (non-hydrogen) atoms. The Labute approximate surface area is 117 Å². The summed E-state index contributed by atoms with van der Waals surface area (Å²) in [5.41, 5.74) is 1.14. The molecule has 0 saturated carbocycles. The van der Waals surface area contributed by atoms with E-state index in [9.17, 15) is 0 Å². The quantitative estimate of drug-likeness (QED) is 0.820. The predicted octanol–water partition coefficient (Wildman–Crippen LogP) is 1.95. The zero-order valence-electron chi connectivity index (χ0n) is 10.7. The summed E-state index contributed by atoms with van der Waals surface area (Å²) < 4.78 is 0. The van der Waals surface area contributed by atoms with Crippen molar-refractivity contribution in [2.45, 2.75) is 0 Å². The third-order valence-corrected chi connectivity index (χ3v) is 2.63. The molecule has 0 aliphatic rings. The van der Waals surface area contributed by atoms with E-state index in [1.54, 1.807) is 47.5 Å². The number of hydrogen-bond donors (Lipinski definition) is 1. The van der Waals surface area contributed by atoms with Crippen LogP contribution in [0.15, 0.2) is 42.6 Å². The summed E-state index contributed by atoms with van der Waals surface area (Å²) in [5, 5.41) is 35.6. The largest absolute Gasteiger partial charge is 0.395 e.